The predicted octanol–water partition coefficient (Wildman–Crippen LogP) is -2.19. The van der Waals surface area contributed by atoms with Gasteiger partial charge in [0.15, 0.2) is 0 Å². The first-order valence-electron chi connectivity index (χ1n) is 1.33. The molecule has 0 saturated carbocycles. The first kappa shape index (κ1) is 10.3. The predicted molar refractivity (Wildman–Crippen MR) is 20.0 cm³/mol. The van der Waals surface area contributed by atoms with Gasteiger partial charge in [-0.2, -0.15) is 0 Å². The van der Waals surface area contributed by atoms with Crippen molar-refractivity contribution < 1.29 is 38.3 Å². The molecule has 0 amide bonds. The fourth-order valence-electron chi connectivity index (χ4n) is 0.0481. The zero-order valence-corrected chi connectivity index (χ0v) is 6.75. The normalized spacial score (nSPS) is 7.00. The van der Waals surface area contributed by atoms with Gasteiger partial charge >= 0.3 is 29.6 Å². The monoisotopic (exact) mass is 116 g/mol. The Bertz CT molecular complexity index is 19.0. The van der Waals surface area contributed by atoms with Crippen molar-refractivity contribution >= 4 is 12.3 Å². The van der Waals surface area contributed by atoms with E-state index in [1.54, 1.807) is 6.92 Å². The van der Waals surface area contributed by atoms with Crippen molar-refractivity contribution in [3.05, 3.63) is 0 Å². The van der Waals surface area contributed by atoms with E-state index in [4.69, 9.17) is 0 Å². The molecular formula is C2H5NaO2S. The Balaban J connectivity index is 0. The van der Waals surface area contributed by atoms with E-state index in [1.165, 1.54) is 0 Å². The maximum atomic E-state index is 9.22. The van der Waals surface area contributed by atoms with Crippen LogP contribution in [0, 0.1) is 0 Å². The molecule has 0 saturated heterocycles. The Morgan fingerprint density at radius 2 is 2.33 bits per heavy atom. The average molecular weight is 116 g/mol. The van der Waals surface area contributed by atoms with E-state index in [1.807, 2.05) is 0 Å². The summed E-state index contributed by atoms with van der Waals surface area (Å²) in [6.45, 7) is 2.26. The minimum Gasteiger partial charge on any atom is -0.776 e. The molecule has 0 radical (unpaired) electrons. The maximum absolute atomic E-state index is 9.22. The minimum atomic E-state index is 0. The number of hydrogen-bond acceptors (Lipinski definition) is 3. The number of rotatable bonds is 2. The van der Waals surface area contributed by atoms with Gasteiger partial charge in [0.05, 0.1) is 6.61 Å². The largest absolute Gasteiger partial charge is 1.00 e. The Hall–Kier alpha value is 1.27. The maximum Gasteiger partial charge on any atom is 1.00 e. The molecule has 0 aromatic rings. The molecule has 0 heterocycles. The van der Waals surface area contributed by atoms with Crippen LogP contribution in [0.2, 0.25) is 0 Å². The van der Waals surface area contributed by atoms with Crippen LogP contribution < -0.4 is 29.6 Å². The van der Waals surface area contributed by atoms with Crippen molar-refractivity contribution in [3.63, 3.8) is 0 Å². The summed E-state index contributed by atoms with van der Waals surface area (Å²) in [7, 11) is 0. The van der Waals surface area contributed by atoms with Gasteiger partial charge < -0.3 is 8.74 Å². The smallest absolute Gasteiger partial charge is 0.776 e. The molecule has 32 valence electrons. The van der Waals surface area contributed by atoms with E-state index in [0.717, 1.165) is 0 Å². The fraction of sp³-hybridized carbons (Fsp3) is 1.00. The third-order valence-corrected chi connectivity index (χ3v) is 0.498. The van der Waals surface area contributed by atoms with E-state index < -0.39 is 0 Å². The van der Waals surface area contributed by atoms with Gasteiger partial charge in [-0.25, -0.2) is 0 Å². The van der Waals surface area contributed by atoms with Gasteiger partial charge in [0.1, 0.15) is 0 Å². The quantitative estimate of drug-likeness (QED) is 0.303. The third kappa shape index (κ3) is 8.99. The summed E-state index contributed by atoms with van der Waals surface area (Å²) < 4.78 is 13.4. The van der Waals surface area contributed by atoms with Crippen molar-refractivity contribution in [1.82, 2.24) is 0 Å². The Labute approximate surface area is 64.0 Å². The zero-order valence-electron chi connectivity index (χ0n) is 3.93. The Kier molecular flexibility index (Phi) is 16.4. The molecule has 2 nitrogen and oxygen atoms in total. The third-order valence-electron chi connectivity index (χ3n) is 0.166. The minimum absolute atomic E-state index is 0. The summed E-state index contributed by atoms with van der Waals surface area (Å²) in [5.41, 5.74) is 0. The molecule has 0 aliphatic carbocycles. The van der Waals surface area contributed by atoms with Crippen LogP contribution in [0.1, 0.15) is 6.92 Å². The molecule has 0 aromatic heterocycles. The van der Waals surface area contributed by atoms with Crippen LogP contribution in [0.3, 0.4) is 0 Å². The summed E-state index contributed by atoms with van der Waals surface area (Å²) in [5, 5.41) is 0. The molecule has 0 aliphatic rings. The molecule has 6 heavy (non-hydrogen) atoms. The summed E-state index contributed by atoms with van der Waals surface area (Å²) in [4.78, 5) is 0. The molecule has 0 spiro atoms. The van der Waals surface area contributed by atoms with Gasteiger partial charge in [0, 0.05) is 0 Å². The van der Waals surface area contributed by atoms with Crippen LogP contribution in [0.25, 0.3) is 0 Å². The first-order chi connectivity index (χ1) is 2.41. The second kappa shape index (κ2) is 9.55. The topological polar surface area (TPSA) is 32.3 Å². The molecule has 0 unspecified atom stereocenters. The average Bonchev–Trinajstić information content (AvgIpc) is 1.41. The molecule has 0 aliphatic heterocycles. The fourth-order valence-corrected chi connectivity index (χ4v) is 0.144. The Morgan fingerprint density at radius 3 is 2.33 bits per heavy atom. The molecule has 0 atom stereocenters. The van der Waals surface area contributed by atoms with Gasteiger partial charge in [0.2, 0.25) is 0 Å². The molecule has 4 heteroatoms. The standard InChI is InChI=1S/C2H6O2S.Na/c1-2-4-5-3;/h3H,2H2,1H3;/q;+1/p-1. The van der Waals surface area contributed by atoms with Gasteiger partial charge in [-0.15, -0.1) is 12.3 Å². The summed E-state index contributed by atoms with van der Waals surface area (Å²) in [6.07, 6.45) is 0. The van der Waals surface area contributed by atoms with Crippen LogP contribution in [0.15, 0.2) is 0 Å². The number of hydrogen-bond donors (Lipinski definition) is 0. The Morgan fingerprint density at radius 1 is 1.83 bits per heavy atom. The van der Waals surface area contributed by atoms with Crippen molar-refractivity contribution in [3.8, 4) is 0 Å². The van der Waals surface area contributed by atoms with Crippen LogP contribution >= 0.6 is 12.3 Å². The van der Waals surface area contributed by atoms with Gasteiger partial charge in [0.25, 0.3) is 0 Å². The van der Waals surface area contributed by atoms with Crippen molar-refractivity contribution in [2.45, 2.75) is 6.92 Å². The zero-order chi connectivity index (χ0) is 4.12. The van der Waals surface area contributed by atoms with Gasteiger partial charge in [-0.3, -0.25) is 0 Å². The first-order valence-corrected chi connectivity index (χ1v) is 2.00. The van der Waals surface area contributed by atoms with Crippen molar-refractivity contribution in [1.29, 1.82) is 0 Å². The summed E-state index contributed by atoms with van der Waals surface area (Å²) in [6, 6.07) is 0. The van der Waals surface area contributed by atoms with Crippen LogP contribution in [-0.4, -0.2) is 11.2 Å². The van der Waals surface area contributed by atoms with E-state index in [0.29, 0.717) is 6.61 Å². The van der Waals surface area contributed by atoms with E-state index in [9.17, 15) is 4.55 Å². The van der Waals surface area contributed by atoms with Gasteiger partial charge in [-0.05, 0) is 6.92 Å². The van der Waals surface area contributed by atoms with Crippen LogP contribution in [0.4, 0.5) is 0 Å². The molecule has 0 aromatic carbocycles. The summed E-state index contributed by atoms with van der Waals surface area (Å²) in [5.74, 6) is 0. The molecule has 0 rings (SSSR count). The van der Waals surface area contributed by atoms with E-state index in [2.05, 4.69) is 4.18 Å². The second-order valence-corrected chi connectivity index (χ2v) is 0.846. The molecule has 0 bridgehead atoms. The SMILES string of the molecule is CCOS[O-].[Na+]. The summed E-state index contributed by atoms with van der Waals surface area (Å²) >= 11 is 0.152. The molecular weight excluding hydrogens is 111 g/mol. The second-order valence-electron chi connectivity index (χ2n) is 0.475. The van der Waals surface area contributed by atoms with Crippen LogP contribution in [0.5, 0.6) is 0 Å². The van der Waals surface area contributed by atoms with Gasteiger partial charge in [-0.1, -0.05) is 0 Å². The van der Waals surface area contributed by atoms with Crippen molar-refractivity contribution in [2.75, 3.05) is 6.61 Å². The molecule has 0 fully saturated rings. The van der Waals surface area contributed by atoms with Crippen molar-refractivity contribution in [2.24, 2.45) is 0 Å². The molecule has 0 N–H and O–H groups in total. The van der Waals surface area contributed by atoms with E-state index >= 15 is 0 Å². The van der Waals surface area contributed by atoms with E-state index in [-0.39, 0.29) is 41.9 Å². The van der Waals surface area contributed by atoms with Crippen LogP contribution in [-0.2, 0) is 4.18 Å².